The van der Waals surface area contributed by atoms with E-state index in [-0.39, 0.29) is 6.04 Å². The van der Waals surface area contributed by atoms with Crippen molar-refractivity contribution in [1.82, 2.24) is 0 Å². The molecule has 0 amide bonds. The average Bonchev–Trinajstić information content (AvgIpc) is 1.84. The predicted molar refractivity (Wildman–Crippen MR) is 55.4 cm³/mol. The molecule has 0 aliphatic carbocycles. The lowest BCUT2D eigenvalue weighted by molar-refractivity contribution is 0.769. The van der Waals surface area contributed by atoms with Gasteiger partial charge in [0.15, 0.2) is 0 Å². The van der Waals surface area contributed by atoms with E-state index in [0.717, 1.165) is 0 Å². The lowest BCUT2D eigenvalue weighted by Gasteiger charge is -2.05. The van der Waals surface area contributed by atoms with Gasteiger partial charge in [-0.1, -0.05) is 19.4 Å². The molecule has 0 radical (unpaired) electrons. The summed E-state index contributed by atoms with van der Waals surface area (Å²) in [7, 11) is 0. The first kappa shape index (κ1) is 11.2. The van der Waals surface area contributed by atoms with Gasteiger partial charge in [0, 0.05) is 6.04 Å². The molecule has 0 saturated heterocycles. The molecule has 0 saturated carbocycles. The van der Waals surface area contributed by atoms with Gasteiger partial charge in [-0.25, -0.2) is 0 Å². The van der Waals surface area contributed by atoms with Gasteiger partial charge in [0.1, 0.15) is 5.84 Å². The Hall–Kier alpha value is -0.790. The number of aliphatic imine (C=N–C) groups is 1. The van der Waals surface area contributed by atoms with Crippen LogP contribution in [-0.2, 0) is 0 Å². The van der Waals surface area contributed by atoms with Crippen LogP contribution in [0.5, 0.6) is 0 Å². The van der Waals surface area contributed by atoms with Gasteiger partial charge in [0.05, 0.1) is 0 Å². The maximum atomic E-state index is 5.69. The van der Waals surface area contributed by atoms with Crippen molar-refractivity contribution in [3.05, 3.63) is 11.6 Å². The zero-order chi connectivity index (χ0) is 9.72. The van der Waals surface area contributed by atoms with Crippen LogP contribution >= 0.6 is 0 Å². The van der Waals surface area contributed by atoms with Gasteiger partial charge in [-0.2, -0.15) is 0 Å². The highest BCUT2D eigenvalue weighted by atomic mass is 14.9. The Morgan fingerprint density at radius 2 is 1.75 bits per heavy atom. The Morgan fingerprint density at radius 3 is 2.08 bits per heavy atom. The van der Waals surface area contributed by atoms with E-state index in [2.05, 4.69) is 25.8 Å². The molecule has 0 aromatic heterocycles. The van der Waals surface area contributed by atoms with Gasteiger partial charge in [-0.3, -0.25) is 4.99 Å². The fraction of sp³-hybridized carbons (Fsp3) is 0.700. The monoisotopic (exact) mass is 168 g/mol. The van der Waals surface area contributed by atoms with Crippen LogP contribution in [0, 0.1) is 5.92 Å². The number of nitrogens with zero attached hydrogens (tertiary/aromatic N) is 1. The second-order valence-electron chi connectivity index (χ2n) is 3.69. The van der Waals surface area contributed by atoms with Crippen LogP contribution in [0.15, 0.2) is 16.6 Å². The molecule has 0 fully saturated rings. The maximum Gasteiger partial charge on any atom is 0.118 e. The molecule has 70 valence electrons. The quantitative estimate of drug-likeness (QED) is 0.510. The molecule has 0 heterocycles. The molecule has 0 rings (SSSR count). The normalized spacial score (nSPS) is 14.6. The molecule has 2 N–H and O–H groups in total. The Kier molecular flexibility index (Phi) is 4.64. The van der Waals surface area contributed by atoms with E-state index >= 15 is 0 Å². The van der Waals surface area contributed by atoms with E-state index in [9.17, 15) is 0 Å². The van der Waals surface area contributed by atoms with Crippen molar-refractivity contribution >= 4 is 5.84 Å². The van der Waals surface area contributed by atoms with Crippen LogP contribution < -0.4 is 5.73 Å². The van der Waals surface area contributed by atoms with Crippen LogP contribution in [0.4, 0.5) is 0 Å². The molecule has 0 spiro atoms. The van der Waals surface area contributed by atoms with E-state index < -0.39 is 0 Å². The van der Waals surface area contributed by atoms with E-state index in [1.807, 2.05) is 19.9 Å². The lowest BCUT2D eigenvalue weighted by atomic mass is 10.1. The van der Waals surface area contributed by atoms with Crippen LogP contribution in [0.25, 0.3) is 0 Å². The summed E-state index contributed by atoms with van der Waals surface area (Å²) in [5, 5.41) is 0. The van der Waals surface area contributed by atoms with Crippen LogP contribution in [-0.4, -0.2) is 11.9 Å². The van der Waals surface area contributed by atoms with Crippen molar-refractivity contribution in [2.75, 3.05) is 0 Å². The van der Waals surface area contributed by atoms with E-state index in [0.29, 0.717) is 11.8 Å². The van der Waals surface area contributed by atoms with Gasteiger partial charge < -0.3 is 5.73 Å². The number of amidine groups is 1. The standard InChI is InChI=1S/C10H20N2/c1-7(2)9(5)6-10(11)12-8(3)4/h6-8H,1-5H3,(H2,11,12)/b9-6+. The van der Waals surface area contributed by atoms with Crippen LogP contribution in [0.1, 0.15) is 34.6 Å². The third-order valence-electron chi connectivity index (χ3n) is 1.69. The maximum absolute atomic E-state index is 5.69. The smallest absolute Gasteiger partial charge is 0.118 e. The second kappa shape index (κ2) is 4.96. The highest BCUT2D eigenvalue weighted by Gasteiger charge is 1.97. The molecule has 0 unspecified atom stereocenters. The summed E-state index contributed by atoms with van der Waals surface area (Å²) in [6, 6.07) is 0.279. The summed E-state index contributed by atoms with van der Waals surface area (Å²) in [6.45, 7) is 10.4. The van der Waals surface area contributed by atoms with Crippen LogP contribution in [0.3, 0.4) is 0 Å². The number of nitrogens with two attached hydrogens (primary N) is 1. The molecular formula is C10H20N2. The average molecular weight is 168 g/mol. The largest absolute Gasteiger partial charge is 0.384 e. The van der Waals surface area contributed by atoms with Crippen LogP contribution in [0.2, 0.25) is 0 Å². The van der Waals surface area contributed by atoms with E-state index in [1.54, 1.807) is 0 Å². The summed E-state index contributed by atoms with van der Waals surface area (Å²) in [4.78, 5) is 4.22. The van der Waals surface area contributed by atoms with E-state index in [4.69, 9.17) is 5.73 Å². The molecule has 0 atom stereocenters. The van der Waals surface area contributed by atoms with Crippen molar-refractivity contribution in [2.24, 2.45) is 16.6 Å². The molecule has 0 bridgehead atoms. The lowest BCUT2D eigenvalue weighted by Crippen LogP contribution is -2.12. The first-order valence-corrected chi connectivity index (χ1v) is 4.45. The Morgan fingerprint density at radius 1 is 1.25 bits per heavy atom. The molecule has 12 heavy (non-hydrogen) atoms. The number of hydrogen-bond donors (Lipinski definition) is 1. The minimum atomic E-state index is 0.279. The van der Waals surface area contributed by atoms with Gasteiger partial charge >= 0.3 is 0 Å². The molecule has 0 aliphatic heterocycles. The first-order valence-electron chi connectivity index (χ1n) is 4.45. The Labute approximate surface area is 75.6 Å². The number of rotatable bonds is 3. The summed E-state index contributed by atoms with van der Waals surface area (Å²) >= 11 is 0. The minimum Gasteiger partial charge on any atom is -0.384 e. The van der Waals surface area contributed by atoms with Crippen molar-refractivity contribution in [1.29, 1.82) is 0 Å². The highest BCUT2D eigenvalue weighted by Crippen LogP contribution is 2.06. The Bertz CT molecular complexity index is 188. The highest BCUT2D eigenvalue weighted by molar-refractivity contribution is 5.92. The van der Waals surface area contributed by atoms with E-state index in [1.165, 1.54) is 5.57 Å². The van der Waals surface area contributed by atoms with Crippen molar-refractivity contribution in [3.63, 3.8) is 0 Å². The minimum absolute atomic E-state index is 0.279. The molecule has 0 aromatic carbocycles. The second-order valence-corrected chi connectivity index (χ2v) is 3.69. The van der Waals surface area contributed by atoms with Gasteiger partial charge in [0.2, 0.25) is 0 Å². The van der Waals surface area contributed by atoms with Crippen molar-refractivity contribution in [2.45, 2.75) is 40.7 Å². The topological polar surface area (TPSA) is 38.4 Å². The SMILES string of the molecule is C/C(=C\C(N)=NC(C)C)C(C)C. The fourth-order valence-electron chi connectivity index (χ4n) is 0.735. The molecule has 0 aromatic rings. The fourth-order valence-corrected chi connectivity index (χ4v) is 0.735. The van der Waals surface area contributed by atoms with Gasteiger partial charge in [0.25, 0.3) is 0 Å². The third-order valence-corrected chi connectivity index (χ3v) is 1.69. The Balaban J connectivity index is 4.33. The van der Waals surface area contributed by atoms with Crippen molar-refractivity contribution in [3.8, 4) is 0 Å². The van der Waals surface area contributed by atoms with Crippen molar-refractivity contribution < 1.29 is 0 Å². The zero-order valence-corrected chi connectivity index (χ0v) is 8.76. The summed E-state index contributed by atoms with van der Waals surface area (Å²) in [6.07, 6.45) is 1.95. The molecule has 2 nitrogen and oxygen atoms in total. The summed E-state index contributed by atoms with van der Waals surface area (Å²) < 4.78 is 0. The molecular weight excluding hydrogens is 148 g/mol. The zero-order valence-electron chi connectivity index (χ0n) is 8.76. The summed E-state index contributed by atoms with van der Waals surface area (Å²) in [5.41, 5.74) is 6.96. The first-order chi connectivity index (χ1) is 5.43. The van der Waals surface area contributed by atoms with Gasteiger partial charge in [-0.15, -0.1) is 0 Å². The summed E-state index contributed by atoms with van der Waals surface area (Å²) in [5.74, 6) is 1.18. The predicted octanol–water partition coefficient (Wildman–Crippen LogP) is 2.35. The number of allylic oxidation sites excluding steroid dienone is 1. The molecule has 0 aliphatic rings. The molecule has 2 heteroatoms. The number of hydrogen-bond acceptors (Lipinski definition) is 1. The third kappa shape index (κ3) is 4.94. The van der Waals surface area contributed by atoms with Gasteiger partial charge in [-0.05, 0) is 32.8 Å².